The third-order valence-electron chi connectivity index (χ3n) is 6.14. The molecule has 0 radical (unpaired) electrons. The second-order valence-corrected chi connectivity index (χ2v) is 9.35. The number of nitrogens with zero attached hydrogens (tertiary/aromatic N) is 2. The van der Waals surface area contributed by atoms with Crippen molar-refractivity contribution < 1.29 is 19.1 Å². The number of hydrogen-bond donors (Lipinski definition) is 1. The zero-order valence-electron chi connectivity index (χ0n) is 18.9. The van der Waals surface area contributed by atoms with E-state index in [9.17, 15) is 9.90 Å². The van der Waals surface area contributed by atoms with Crippen molar-refractivity contribution in [3.8, 4) is 16.5 Å². The number of hydrogen-bond acceptors (Lipinski definition) is 6. The quantitative estimate of drug-likeness (QED) is 0.363. The van der Waals surface area contributed by atoms with Gasteiger partial charge in [0.15, 0.2) is 0 Å². The fourth-order valence-corrected chi connectivity index (χ4v) is 5.09. The van der Waals surface area contributed by atoms with Gasteiger partial charge in [0.2, 0.25) is 5.89 Å². The lowest BCUT2D eigenvalue weighted by molar-refractivity contribution is -0.144. The van der Waals surface area contributed by atoms with Crippen molar-refractivity contribution >= 4 is 17.3 Å². The molecule has 6 nitrogen and oxygen atoms in total. The maximum absolute atomic E-state index is 12.3. The van der Waals surface area contributed by atoms with E-state index in [1.54, 1.807) is 11.3 Å². The lowest BCUT2D eigenvalue weighted by atomic mass is 9.92. The molecule has 1 atom stereocenters. The van der Waals surface area contributed by atoms with Gasteiger partial charge >= 0.3 is 5.97 Å². The highest BCUT2D eigenvalue weighted by atomic mass is 32.1. The van der Waals surface area contributed by atoms with Gasteiger partial charge in [-0.1, -0.05) is 42.5 Å². The van der Waals surface area contributed by atoms with E-state index < -0.39 is 12.0 Å². The monoisotopic (exact) mass is 474 g/mol. The van der Waals surface area contributed by atoms with Crippen LogP contribution in [0.2, 0.25) is 0 Å². The van der Waals surface area contributed by atoms with Crippen LogP contribution in [0.4, 0.5) is 0 Å². The maximum atomic E-state index is 12.3. The molecule has 5 rings (SSSR count). The molecule has 0 aliphatic carbocycles. The highest BCUT2D eigenvalue weighted by molar-refractivity contribution is 7.13. The largest absolute Gasteiger partial charge is 0.493 e. The summed E-state index contributed by atoms with van der Waals surface area (Å²) in [5.74, 6) is 1.26. The first-order chi connectivity index (χ1) is 16.6. The molecule has 34 heavy (non-hydrogen) atoms. The molecule has 0 saturated carbocycles. The summed E-state index contributed by atoms with van der Waals surface area (Å²) in [5.41, 5.74) is 3.86. The topological polar surface area (TPSA) is 75.8 Å². The Hall–Kier alpha value is -3.42. The lowest BCUT2D eigenvalue weighted by Gasteiger charge is -2.35. The number of thiophene rings is 1. The highest BCUT2D eigenvalue weighted by Crippen LogP contribution is 2.34. The van der Waals surface area contributed by atoms with E-state index in [0.29, 0.717) is 37.8 Å². The van der Waals surface area contributed by atoms with Crippen molar-refractivity contribution in [2.45, 2.75) is 32.4 Å². The van der Waals surface area contributed by atoms with E-state index in [4.69, 9.17) is 9.15 Å². The summed E-state index contributed by atoms with van der Waals surface area (Å²) in [6.45, 7) is 3.65. The van der Waals surface area contributed by atoms with Crippen molar-refractivity contribution in [2.24, 2.45) is 0 Å². The Morgan fingerprint density at radius 1 is 1.21 bits per heavy atom. The van der Waals surface area contributed by atoms with Gasteiger partial charge in [0.05, 0.1) is 17.2 Å². The summed E-state index contributed by atoms with van der Waals surface area (Å²) in [7, 11) is 0. The number of carboxylic acids is 1. The Balaban J connectivity index is 1.28. The number of oxazole rings is 1. The normalized spacial score (nSPS) is 15.7. The molecule has 3 heterocycles. The summed E-state index contributed by atoms with van der Waals surface area (Å²) in [5, 5.41) is 12.1. The first kappa shape index (κ1) is 22.4. The summed E-state index contributed by atoms with van der Waals surface area (Å²) >= 11 is 1.60. The minimum atomic E-state index is -0.839. The summed E-state index contributed by atoms with van der Waals surface area (Å²) in [6.07, 6.45) is 1.43. The van der Waals surface area contributed by atoms with Gasteiger partial charge in [-0.05, 0) is 53.6 Å². The standard InChI is InChI=1S/C27H26N2O4S/c1-18-23(28-26(33-18)24-8-5-15-34-24)12-14-32-21-10-9-20-11-13-29(17-19-6-3-2-4-7-19)25(27(30)31)22(20)16-21/h2-10,15-16,25H,11-14,17H2,1H3,(H,30,31). The maximum Gasteiger partial charge on any atom is 0.325 e. The molecule has 2 aromatic heterocycles. The molecule has 1 unspecified atom stereocenters. The van der Waals surface area contributed by atoms with Crippen LogP contribution in [0.1, 0.15) is 34.2 Å². The predicted molar refractivity (Wildman–Crippen MR) is 131 cm³/mol. The molecule has 174 valence electrons. The van der Waals surface area contributed by atoms with Crippen molar-refractivity contribution in [3.63, 3.8) is 0 Å². The van der Waals surface area contributed by atoms with E-state index in [1.807, 2.05) is 77.9 Å². The van der Waals surface area contributed by atoms with Crippen molar-refractivity contribution in [3.05, 3.63) is 94.2 Å². The number of aromatic nitrogens is 1. The molecule has 2 aromatic carbocycles. The Bertz CT molecular complexity index is 1270. The van der Waals surface area contributed by atoms with Crippen LogP contribution in [0, 0.1) is 6.92 Å². The molecule has 7 heteroatoms. The van der Waals surface area contributed by atoms with Crippen LogP contribution in [0.5, 0.6) is 5.75 Å². The zero-order chi connectivity index (χ0) is 23.5. The van der Waals surface area contributed by atoms with E-state index in [-0.39, 0.29) is 0 Å². The molecule has 0 saturated heterocycles. The molecule has 1 aliphatic rings. The van der Waals surface area contributed by atoms with Gasteiger partial charge in [0.25, 0.3) is 0 Å². The molecular formula is C27H26N2O4S. The number of benzene rings is 2. The smallest absolute Gasteiger partial charge is 0.325 e. The zero-order valence-corrected chi connectivity index (χ0v) is 19.8. The average Bonchev–Trinajstić information content (AvgIpc) is 3.49. The Morgan fingerprint density at radius 2 is 2.06 bits per heavy atom. The van der Waals surface area contributed by atoms with Crippen molar-refractivity contribution in [1.82, 2.24) is 9.88 Å². The van der Waals surface area contributed by atoms with E-state index in [2.05, 4.69) is 4.98 Å². The van der Waals surface area contributed by atoms with Crippen molar-refractivity contribution in [2.75, 3.05) is 13.2 Å². The molecule has 0 spiro atoms. The summed E-state index contributed by atoms with van der Waals surface area (Å²) in [6, 6.07) is 19.1. The molecule has 0 bridgehead atoms. The van der Waals surface area contributed by atoms with Crippen LogP contribution in [-0.4, -0.2) is 34.1 Å². The number of aryl methyl sites for hydroxylation is 1. The van der Waals surface area contributed by atoms with Crippen molar-refractivity contribution in [1.29, 1.82) is 0 Å². The van der Waals surface area contributed by atoms with Gasteiger partial charge in [-0.3, -0.25) is 9.69 Å². The second-order valence-electron chi connectivity index (χ2n) is 8.41. The van der Waals surface area contributed by atoms with Crippen LogP contribution < -0.4 is 4.74 Å². The lowest BCUT2D eigenvalue weighted by Crippen LogP contribution is -2.39. The van der Waals surface area contributed by atoms with Gasteiger partial charge in [0, 0.05) is 19.5 Å². The predicted octanol–water partition coefficient (Wildman–Crippen LogP) is 5.52. The number of ether oxygens (including phenoxy) is 1. The average molecular weight is 475 g/mol. The summed E-state index contributed by atoms with van der Waals surface area (Å²) in [4.78, 5) is 19.9. The fraction of sp³-hybridized carbons (Fsp3) is 0.259. The minimum Gasteiger partial charge on any atom is -0.493 e. The third kappa shape index (κ3) is 4.76. The van der Waals surface area contributed by atoms with Crippen LogP contribution in [-0.2, 0) is 24.2 Å². The molecule has 0 fully saturated rings. The molecule has 4 aromatic rings. The van der Waals surface area contributed by atoms with Crippen LogP contribution in [0.25, 0.3) is 10.8 Å². The number of carboxylic acid groups (broad SMARTS) is 1. The SMILES string of the molecule is Cc1oc(-c2cccs2)nc1CCOc1ccc2c(c1)C(C(=O)O)N(Cc1ccccc1)CC2. The van der Waals surface area contributed by atoms with Gasteiger partial charge < -0.3 is 14.3 Å². The third-order valence-corrected chi connectivity index (χ3v) is 7.00. The van der Waals surface area contributed by atoms with Crippen LogP contribution >= 0.6 is 11.3 Å². The fourth-order valence-electron chi connectivity index (χ4n) is 4.44. The number of rotatable bonds is 8. The van der Waals surface area contributed by atoms with Crippen LogP contribution in [0.3, 0.4) is 0 Å². The first-order valence-electron chi connectivity index (χ1n) is 11.3. The highest BCUT2D eigenvalue weighted by Gasteiger charge is 2.33. The Kier molecular flexibility index (Phi) is 6.47. The van der Waals surface area contributed by atoms with E-state index >= 15 is 0 Å². The van der Waals surface area contributed by atoms with Gasteiger partial charge in [0.1, 0.15) is 17.6 Å². The van der Waals surface area contributed by atoms with Crippen LogP contribution in [0.15, 0.2) is 70.5 Å². The number of carbonyl (C=O) groups is 1. The Morgan fingerprint density at radius 3 is 2.82 bits per heavy atom. The van der Waals surface area contributed by atoms with E-state index in [1.165, 1.54) is 0 Å². The minimum absolute atomic E-state index is 0.432. The second kappa shape index (κ2) is 9.83. The van der Waals surface area contributed by atoms with Gasteiger partial charge in [-0.2, -0.15) is 0 Å². The molecular weight excluding hydrogens is 448 g/mol. The Labute approximate surface area is 202 Å². The number of fused-ring (bicyclic) bond motifs is 1. The molecule has 1 aliphatic heterocycles. The van der Waals surface area contributed by atoms with Gasteiger partial charge in [-0.15, -0.1) is 11.3 Å². The summed E-state index contributed by atoms with van der Waals surface area (Å²) < 4.78 is 11.8. The van der Waals surface area contributed by atoms with E-state index in [0.717, 1.165) is 39.4 Å². The first-order valence-corrected chi connectivity index (χ1v) is 12.2. The molecule has 1 N–H and O–H groups in total. The van der Waals surface area contributed by atoms with Gasteiger partial charge in [-0.25, -0.2) is 4.98 Å². The number of aliphatic carboxylic acids is 1. The molecule has 0 amide bonds.